The highest BCUT2D eigenvalue weighted by Crippen LogP contribution is 2.28. The van der Waals surface area contributed by atoms with Crippen molar-refractivity contribution in [1.82, 2.24) is 20.4 Å². The van der Waals surface area contributed by atoms with Crippen LogP contribution in [0.2, 0.25) is 0 Å². The number of nitrogens with zero attached hydrogens (tertiary/aromatic N) is 2. The summed E-state index contributed by atoms with van der Waals surface area (Å²) in [6, 6.07) is 0.265. The zero-order chi connectivity index (χ0) is 12.3. The molecule has 5 heteroatoms. The van der Waals surface area contributed by atoms with Crippen molar-refractivity contribution in [3.63, 3.8) is 0 Å². The highest BCUT2D eigenvalue weighted by molar-refractivity contribution is 5.80. The van der Waals surface area contributed by atoms with Crippen molar-refractivity contribution in [3.8, 4) is 0 Å². The molecule has 1 aliphatic rings. The lowest BCUT2D eigenvalue weighted by Gasteiger charge is -2.12. The van der Waals surface area contributed by atoms with E-state index in [1.165, 1.54) is 5.56 Å². The Morgan fingerprint density at radius 1 is 1.59 bits per heavy atom. The summed E-state index contributed by atoms with van der Waals surface area (Å²) in [5.74, 6) is 0.506. The molecule has 1 amide bonds. The molecule has 1 fully saturated rings. The molecule has 2 rings (SSSR count). The van der Waals surface area contributed by atoms with Crippen molar-refractivity contribution in [1.29, 1.82) is 0 Å². The molecule has 0 aliphatic heterocycles. The van der Waals surface area contributed by atoms with Crippen LogP contribution in [0.25, 0.3) is 0 Å². The van der Waals surface area contributed by atoms with Gasteiger partial charge in [0.05, 0.1) is 6.20 Å². The minimum Gasteiger partial charge on any atom is -0.355 e. The number of amides is 1. The van der Waals surface area contributed by atoms with Gasteiger partial charge in [-0.05, 0) is 19.8 Å². The van der Waals surface area contributed by atoms with Gasteiger partial charge in [0.2, 0.25) is 5.91 Å². The van der Waals surface area contributed by atoms with Gasteiger partial charge in [-0.15, -0.1) is 0 Å². The number of hydrogen-bond donors (Lipinski definition) is 2. The fourth-order valence-corrected chi connectivity index (χ4v) is 1.75. The maximum atomic E-state index is 11.4. The van der Waals surface area contributed by atoms with Gasteiger partial charge in [0, 0.05) is 43.9 Å². The van der Waals surface area contributed by atoms with Crippen molar-refractivity contribution in [2.24, 2.45) is 13.0 Å². The van der Waals surface area contributed by atoms with Crippen LogP contribution in [0.4, 0.5) is 0 Å². The van der Waals surface area contributed by atoms with Crippen molar-refractivity contribution in [2.75, 3.05) is 13.1 Å². The largest absolute Gasteiger partial charge is 0.355 e. The first-order chi connectivity index (χ1) is 8.16. The molecule has 2 N–H and O–H groups in total. The molecule has 1 saturated carbocycles. The minimum absolute atomic E-state index is 0.209. The van der Waals surface area contributed by atoms with Crippen LogP contribution in [0, 0.1) is 5.92 Å². The summed E-state index contributed by atoms with van der Waals surface area (Å²) in [5, 5.41) is 10.4. The van der Waals surface area contributed by atoms with E-state index in [1.54, 1.807) is 4.68 Å². The topological polar surface area (TPSA) is 58.9 Å². The second kappa shape index (κ2) is 5.31. The molecule has 1 heterocycles. The van der Waals surface area contributed by atoms with Gasteiger partial charge in [-0.2, -0.15) is 5.10 Å². The number of carbonyl (C=O) groups excluding carboxylic acids is 1. The summed E-state index contributed by atoms with van der Waals surface area (Å²) < 4.78 is 1.79. The maximum Gasteiger partial charge on any atom is 0.223 e. The van der Waals surface area contributed by atoms with Crippen LogP contribution in [0.5, 0.6) is 0 Å². The van der Waals surface area contributed by atoms with Gasteiger partial charge in [-0.1, -0.05) is 0 Å². The Morgan fingerprint density at radius 2 is 2.35 bits per heavy atom. The molecule has 5 nitrogen and oxygen atoms in total. The molecule has 0 bridgehead atoms. The summed E-state index contributed by atoms with van der Waals surface area (Å²) in [4.78, 5) is 11.4. The first kappa shape index (κ1) is 12.1. The fraction of sp³-hybridized carbons (Fsp3) is 0.667. The van der Waals surface area contributed by atoms with Crippen LogP contribution < -0.4 is 10.6 Å². The van der Waals surface area contributed by atoms with Gasteiger partial charge in [0.15, 0.2) is 0 Å². The first-order valence-corrected chi connectivity index (χ1v) is 6.16. The summed E-state index contributed by atoms with van der Waals surface area (Å²) in [7, 11) is 1.91. The smallest absolute Gasteiger partial charge is 0.223 e. The molecule has 0 saturated heterocycles. The fourth-order valence-electron chi connectivity index (χ4n) is 1.75. The minimum atomic E-state index is 0.209. The van der Waals surface area contributed by atoms with E-state index in [-0.39, 0.29) is 11.9 Å². The monoisotopic (exact) mass is 236 g/mol. The Labute approximate surface area is 102 Å². The molecule has 0 spiro atoms. The van der Waals surface area contributed by atoms with Crippen molar-refractivity contribution in [3.05, 3.63) is 18.0 Å². The summed E-state index contributed by atoms with van der Waals surface area (Å²) in [6.45, 7) is 3.58. The molecule has 1 atom stereocenters. The Hall–Kier alpha value is -1.36. The zero-order valence-corrected chi connectivity index (χ0v) is 10.4. The van der Waals surface area contributed by atoms with Crippen LogP contribution >= 0.6 is 0 Å². The third kappa shape index (κ3) is 3.56. The molecule has 17 heavy (non-hydrogen) atoms. The summed E-state index contributed by atoms with van der Waals surface area (Å²) in [6.07, 6.45) is 5.98. The van der Waals surface area contributed by atoms with Crippen LogP contribution in [0.1, 0.15) is 31.4 Å². The average Bonchev–Trinajstić information content (AvgIpc) is 3.07. The number of aromatic nitrogens is 2. The van der Waals surface area contributed by atoms with Crippen molar-refractivity contribution < 1.29 is 4.79 Å². The Bertz CT molecular complexity index is 384. The van der Waals surface area contributed by atoms with E-state index >= 15 is 0 Å². The molecular weight excluding hydrogens is 216 g/mol. The molecule has 0 aromatic carbocycles. The third-order valence-electron chi connectivity index (χ3n) is 3.05. The highest BCUT2D eigenvalue weighted by atomic mass is 16.2. The molecule has 1 aromatic rings. The molecule has 94 valence electrons. The van der Waals surface area contributed by atoms with E-state index in [9.17, 15) is 4.79 Å². The van der Waals surface area contributed by atoms with E-state index in [0.717, 1.165) is 19.4 Å². The Kier molecular flexibility index (Phi) is 3.78. The van der Waals surface area contributed by atoms with Gasteiger partial charge in [-0.3, -0.25) is 9.48 Å². The Balaban J connectivity index is 1.62. The predicted molar refractivity (Wildman–Crippen MR) is 65.4 cm³/mol. The molecular formula is C12H20N4O. The lowest BCUT2D eigenvalue weighted by Crippen LogP contribution is -2.33. The van der Waals surface area contributed by atoms with Gasteiger partial charge in [0.25, 0.3) is 0 Å². The number of hydrogen-bond acceptors (Lipinski definition) is 3. The Morgan fingerprint density at radius 3 is 2.94 bits per heavy atom. The van der Waals surface area contributed by atoms with Crippen molar-refractivity contribution in [2.45, 2.75) is 25.8 Å². The lowest BCUT2D eigenvalue weighted by molar-refractivity contribution is -0.122. The SMILES string of the molecule is CC(NCCNC(=O)C1CC1)c1cnn(C)c1. The molecule has 1 aromatic heterocycles. The zero-order valence-electron chi connectivity index (χ0n) is 10.4. The highest BCUT2D eigenvalue weighted by Gasteiger charge is 2.28. The predicted octanol–water partition coefficient (Wildman–Crippen LogP) is 0.597. The summed E-state index contributed by atoms with van der Waals surface area (Å²) in [5.41, 5.74) is 1.17. The van der Waals surface area contributed by atoms with Gasteiger partial charge in [0.1, 0.15) is 0 Å². The number of rotatable bonds is 6. The third-order valence-corrected chi connectivity index (χ3v) is 3.05. The van der Waals surface area contributed by atoms with Gasteiger partial charge in [-0.25, -0.2) is 0 Å². The van der Waals surface area contributed by atoms with E-state index in [2.05, 4.69) is 22.7 Å². The standard InChI is InChI=1S/C12H20N4O/c1-9(11-7-15-16(2)8-11)13-5-6-14-12(17)10-3-4-10/h7-10,13H,3-6H2,1-2H3,(H,14,17). The van der Waals surface area contributed by atoms with Crippen LogP contribution in [-0.2, 0) is 11.8 Å². The first-order valence-electron chi connectivity index (χ1n) is 6.16. The van der Waals surface area contributed by atoms with E-state index < -0.39 is 0 Å². The van der Waals surface area contributed by atoms with Crippen LogP contribution in [0.15, 0.2) is 12.4 Å². The van der Waals surface area contributed by atoms with Crippen molar-refractivity contribution >= 4 is 5.91 Å². The molecule has 1 aliphatic carbocycles. The number of nitrogens with one attached hydrogen (secondary N) is 2. The van der Waals surface area contributed by atoms with E-state index in [0.29, 0.717) is 12.5 Å². The van der Waals surface area contributed by atoms with E-state index in [4.69, 9.17) is 0 Å². The molecule has 0 radical (unpaired) electrons. The molecule has 1 unspecified atom stereocenters. The quantitative estimate of drug-likeness (QED) is 0.711. The number of carbonyl (C=O) groups is 1. The van der Waals surface area contributed by atoms with Crippen LogP contribution in [0.3, 0.4) is 0 Å². The average molecular weight is 236 g/mol. The lowest BCUT2D eigenvalue weighted by atomic mass is 10.2. The van der Waals surface area contributed by atoms with Crippen LogP contribution in [-0.4, -0.2) is 28.8 Å². The summed E-state index contributed by atoms with van der Waals surface area (Å²) >= 11 is 0. The maximum absolute atomic E-state index is 11.4. The second-order valence-corrected chi connectivity index (χ2v) is 4.69. The number of aryl methyl sites for hydroxylation is 1. The normalized spacial score (nSPS) is 16.8. The second-order valence-electron chi connectivity index (χ2n) is 4.69. The van der Waals surface area contributed by atoms with E-state index in [1.807, 2.05) is 19.4 Å². The van der Waals surface area contributed by atoms with Gasteiger partial charge < -0.3 is 10.6 Å². The van der Waals surface area contributed by atoms with Gasteiger partial charge >= 0.3 is 0 Å².